The third kappa shape index (κ3) is 4.21. The van der Waals surface area contributed by atoms with Crippen molar-refractivity contribution in [1.29, 1.82) is 0 Å². The zero-order valence-corrected chi connectivity index (χ0v) is 12.2. The summed E-state index contributed by atoms with van der Waals surface area (Å²) < 4.78 is 39.7. The zero-order valence-electron chi connectivity index (χ0n) is 9.08. The fraction of sp³-hybridized carbons (Fsp3) is 0.400. The van der Waals surface area contributed by atoms with Gasteiger partial charge in [-0.1, -0.05) is 22.9 Å². The molecule has 0 saturated heterocycles. The Kier molecular flexibility index (Phi) is 5.37. The van der Waals surface area contributed by atoms with Gasteiger partial charge >= 0.3 is 0 Å². The maximum Gasteiger partial charge on any atom is 0.243 e. The molecule has 3 nitrogen and oxygen atoms in total. The molecule has 0 heterocycles. The smallest absolute Gasteiger partial charge is 0.210 e. The highest BCUT2D eigenvalue weighted by atomic mass is 79.9. The molecule has 0 saturated carbocycles. The Balaban J connectivity index is 2.90. The molecule has 1 N–H and O–H groups in total. The molecule has 1 aromatic carbocycles. The topological polar surface area (TPSA) is 46.2 Å². The van der Waals surface area contributed by atoms with Gasteiger partial charge in [-0.2, -0.15) is 0 Å². The summed E-state index contributed by atoms with van der Waals surface area (Å²) in [5.41, 5.74) is 0. The van der Waals surface area contributed by atoms with E-state index < -0.39 is 15.8 Å². The van der Waals surface area contributed by atoms with Crippen LogP contribution in [0.15, 0.2) is 27.6 Å². The van der Waals surface area contributed by atoms with Crippen molar-refractivity contribution in [3.8, 4) is 0 Å². The summed E-state index contributed by atoms with van der Waals surface area (Å²) in [6.45, 7) is 1.92. The lowest BCUT2D eigenvalue weighted by Gasteiger charge is -2.10. The number of halogens is 3. The van der Waals surface area contributed by atoms with E-state index in [1.165, 1.54) is 12.1 Å². The molecule has 0 aliphatic heterocycles. The van der Waals surface area contributed by atoms with Crippen LogP contribution in [0.2, 0.25) is 0 Å². The van der Waals surface area contributed by atoms with Gasteiger partial charge in [0.1, 0.15) is 10.7 Å². The highest BCUT2D eigenvalue weighted by molar-refractivity contribution is 9.10. The van der Waals surface area contributed by atoms with Crippen LogP contribution >= 0.6 is 27.5 Å². The fourth-order valence-corrected chi connectivity index (χ4v) is 2.76. The number of hydrogen-bond donors (Lipinski definition) is 1. The monoisotopic (exact) mass is 343 g/mol. The van der Waals surface area contributed by atoms with Crippen molar-refractivity contribution in [2.75, 3.05) is 6.54 Å². The van der Waals surface area contributed by atoms with Gasteiger partial charge in [-0.25, -0.2) is 17.5 Å². The number of benzene rings is 1. The quantitative estimate of drug-likeness (QED) is 0.835. The van der Waals surface area contributed by atoms with E-state index in [1.54, 1.807) is 0 Å². The minimum absolute atomic E-state index is 0.0793. The van der Waals surface area contributed by atoms with E-state index in [9.17, 15) is 12.8 Å². The molecule has 7 heteroatoms. The second-order valence-corrected chi connectivity index (χ2v) is 6.70. The summed E-state index contributed by atoms with van der Waals surface area (Å²) >= 11 is 8.86. The summed E-state index contributed by atoms with van der Waals surface area (Å²) in [4.78, 5) is -0.374. The van der Waals surface area contributed by atoms with E-state index in [0.717, 1.165) is 6.07 Å². The first-order valence-electron chi connectivity index (χ1n) is 4.95. The predicted molar refractivity (Wildman–Crippen MR) is 69.2 cm³/mol. The lowest BCUT2D eigenvalue weighted by Crippen LogP contribution is -2.30. The van der Waals surface area contributed by atoms with Crippen molar-refractivity contribution < 1.29 is 12.8 Å². The second kappa shape index (κ2) is 6.13. The van der Waals surface area contributed by atoms with Gasteiger partial charge in [-0.05, 0) is 24.6 Å². The molecule has 0 aliphatic carbocycles. The molecule has 17 heavy (non-hydrogen) atoms. The lowest BCUT2D eigenvalue weighted by atomic mass is 10.3. The van der Waals surface area contributed by atoms with Gasteiger partial charge in [0.15, 0.2) is 0 Å². The molecule has 0 amide bonds. The van der Waals surface area contributed by atoms with Crippen LogP contribution in [0, 0.1) is 5.82 Å². The first kappa shape index (κ1) is 14.9. The Morgan fingerprint density at radius 1 is 1.53 bits per heavy atom. The summed E-state index contributed by atoms with van der Waals surface area (Å²) in [6, 6.07) is 3.78. The van der Waals surface area contributed by atoms with E-state index in [1.807, 2.05) is 6.92 Å². The number of rotatable bonds is 5. The summed E-state index contributed by atoms with van der Waals surface area (Å²) in [6.07, 6.45) is 0.632. The number of nitrogens with one attached hydrogen (secondary N) is 1. The SMILES string of the molecule is CCC(Cl)CNS(=O)(=O)c1ccc(Br)cc1F. The van der Waals surface area contributed by atoms with Crippen molar-refractivity contribution in [3.63, 3.8) is 0 Å². The van der Waals surface area contributed by atoms with Crippen molar-refractivity contribution in [1.82, 2.24) is 4.72 Å². The molecular weight excluding hydrogens is 333 g/mol. The minimum atomic E-state index is -3.84. The minimum Gasteiger partial charge on any atom is -0.210 e. The van der Waals surface area contributed by atoms with E-state index in [0.29, 0.717) is 10.9 Å². The van der Waals surface area contributed by atoms with Crippen LogP contribution in [0.3, 0.4) is 0 Å². The molecule has 0 aliphatic rings. The highest BCUT2D eigenvalue weighted by Crippen LogP contribution is 2.19. The average molecular weight is 345 g/mol. The van der Waals surface area contributed by atoms with Gasteiger partial charge in [0.05, 0.1) is 0 Å². The van der Waals surface area contributed by atoms with Gasteiger partial charge in [-0.15, -0.1) is 11.6 Å². The molecule has 0 spiro atoms. The molecule has 1 unspecified atom stereocenters. The third-order valence-corrected chi connectivity index (χ3v) is 4.53. The van der Waals surface area contributed by atoms with E-state index in [-0.39, 0.29) is 16.8 Å². The van der Waals surface area contributed by atoms with E-state index in [2.05, 4.69) is 20.7 Å². The van der Waals surface area contributed by atoms with Crippen molar-refractivity contribution >= 4 is 37.6 Å². The molecule has 0 fully saturated rings. The largest absolute Gasteiger partial charge is 0.243 e. The highest BCUT2D eigenvalue weighted by Gasteiger charge is 2.19. The zero-order chi connectivity index (χ0) is 13.1. The maximum atomic E-state index is 13.5. The second-order valence-electron chi connectivity index (χ2n) is 3.43. The van der Waals surface area contributed by atoms with Gasteiger partial charge < -0.3 is 0 Å². The first-order valence-corrected chi connectivity index (χ1v) is 7.67. The Hall–Kier alpha value is -0.170. The molecule has 96 valence electrons. The molecule has 1 atom stereocenters. The molecule has 1 rings (SSSR count). The normalized spacial score (nSPS) is 13.6. The molecular formula is C10H12BrClFNO2S. The van der Waals surface area contributed by atoms with Crippen LogP contribution in [0.5, 0.6) is 0 Å². The van der Waals surface area contributed by atoms with Gasteiger partial charge in [0.2, 0.25) is 10.0 Å². The van der Waals surface area contributed by atoms with Gasteiger partial charge in [0, 0.05) is 16.4 Å². The first-order chi connectivity index (χ1) is 7.86. The Bertz CT molecular complexity index is 495. The maximum absolute atomic E-state index is 13.5. The van der Waals surface area contributed by atoms with Crippen LogP contribution in [0.25, 0.3) is 0 Å². The van der Waals surface area contributed by atoms with Crippen molar-refractivity contribution in [2.45, 2.75) is 23.6 Å². The summed E-state index contributed by atoms with van der Waals surface area (Å²) in [5, 5.41) is -0.303. The third-order valence-electron chi connectivity index (χ3n) is 2.12. The lowest BCUT2D eigenvalue weighted by molar-refractivity contribution is 0.555. The van der Waals surface area contributed by atoms with Crippen molar-refractivity contribution in [3.05, 3.63) is 28.5 Å². The standard InChI is InChI=1S/C10H12BrClFNO2S/c1-2-8(12)6-14-17(15,16)10-4-3-7(11)5-9(10)13/h3-5,8,14H,2,6H2,1H3. The summed E-state index contributed by atoms with van der Waals surface area (Å²) in [5.74, 6) is -0.797. The Morgan fingerprint density at radius 3 is 2.71 bits per heavy atom. The molecule has 0 aromatic heterocycles. The fourth-order valence-electron chi connectivity index (χ4n) is 1.12. The number of sulfonamides is 1. The van der Waals surface area contributed by atoms with Crippen LogP contribution in [0.4, 0.5) is 4.39 Å². The van der Waals surface area contributed by atoms with Gasteiger partial charge in [0.25, 0.3) is 0 Å². The predicted octanol–water partition coefficient (Wildman–Crippen LogP) is 2.88. The van der Waals surface area contributed by atoms with Crippen LogP contribution in [-0.2, 0) is 10.0 Å². The summed E-state index contributed by atoms with van der Waals surface area (Å²) in [7, 11) is -3.84. The van der Waals surface area contributed by atoms with E-state index >= 15 is 0 Å². The molecule has 0 radical (unpaired) electrons. The molecule has 1 aromatic rings. The number of hydrogen-bond acceptors (Lipinski definition) is 2. The molecule has 0 bridgehead atoms. The van der Waals surface area contributed by atoms with Crippen molar-refractivity contribution in [2.24, 2.45) is 0 Å². The number of alkyl halides is 1. The van der Waals surface area contributed by atoms with Gasteiger partial charge in [-0.3, -0.25) is 0 Å². The Labute approximate surface area is 114 Å². The average Bonchev–Trinajstić information content (AvgIpc) is 2.25. The van der Waals surface area contributed by atoms with Crippen LogP contribution in [0.1, 0.15) is 13.3 Å². The van der Waals surface area contributed by atoms with Crippen LogP contribution in [-0.4, -0.2) is 20.3 Å². The van der Waals surface area contributed by atoms with E-state index in [4.69, 9.17) is 11.6 Å². The van der Waals surface area contributed by atoms with Crippen LogP contribution < -0.4 is 4.72 Å². The Morgan fingerprint density at radius 2 is 2.18 bits per heavy atom.